The predicted octanol–water partition coefficient (Wildman–Crippen LogP) is 4.68. The summed E-state index contributed by atoms with van der Waals surface area (Å²) in [5.74, 6) is 1.02. The number of carbonyl (C=O) groups is 1. The molecule has 0 radical (unpaired) electrons. The van der Waals surface area contributed by atoms with Crippen molar-refractivity contribution in [1.29, 1.82) is 0 Å². The zero-order valence-corrected chi connectivity index (χ0v) is 18.1. The van der Waals surface area contributed by atoms with Crippen LogP contribution in [-0.4, -0.2) is 20.4 Å². The van der Waals surface area contributed by atoms with Gasteiger partial charge in [0.2, 0.25) is 0 Å². The number of amides is 1. The van der Waals surface area contributed by atoms with Crippen molar-refractivity contribution in [2.24, 2.45) is 11.8 Å². The SMILES string of the molecule is Cc1ccc(NS(=O)(=O)c2cc(C(=O)N[C@@H]3C[C@H]4CC[C@@H]3C4)ccc2Cl)c(C)c1. The highest BCUT2D eigenvalue weighted by Crippen LogP contribution is 2.44. The molecule has 29 heavy (non-hydrogen) atoms. The van der Waals surface area contributed by atoms with Crippen LogP contribution in [0.2, 0.25) is 5.02 Å². The normalized spacial score (nSPS) is 23.2. The van der Waals surface area contributed by atoms with E-state index in [0.717, 1.165) is 24.0 Å². The molecule has 0 unspecified atom stereocenters. The molecule has 1 amide bonds. The number of rotatable bonds is 5. The van der Waals surface area contributed by atoms with Crippen LogP contribution in [0.4, 0.5) is 5.69 Å². The van der Waals surface area contributed by atoms with Gasteiger partial charge in [0, 0.05) is 11.6 Å². The van der Waals surface area contributed by atoms with Crippen LogP contribution in [0.25, 0.3) is 0 Å². The van der Waals surface area contributed by atoms with Gasteiger partial charge in [-0.3, -0.25) is 9.52 Å². The summed E-state index contributed by atoms with van der Waals surface area (Å²) in [5.41, 5.74) is 2.65. The van der Waals surface area contributed by atoms with Gasteiger partial charge in [-0.1, -0.05) is 35.7 Å². The molecule has 0 spiro atoms. The van der Waals surface area contributed by atoms with E-state index in [9.17, 15) is 13.2 Å². The Kier molecular flexibility index (Phi) is 5.34. The topological polar surface area (TPSA) is 75.3 Å². The molecule has 0 heterocycles. The molecule has 2 fully saturated rings. The fourth-order valence-electron chi connectivity index (χ4n) is 4.65. The minimum absolute atomic E-state index is 0.0822. The molecule has 2 bridgehead atoms. The third-order valence-electron chi connectivity index (χ3n) is 6.16. The molecule has 154 valence electrons. The number of nitrogens with one attached hydrogen (secondary N) is 2. The lowest BCUT2D eigenvalue weighted by Crippen LogP contribution is -2.38. The van der Waals surface area contributed by atoms with Crippen molar-refractivity contribution in [2.75, 3.05) is 4.72 Å². The van der Waals surface area contributed by atoms with E-state index in [1.165, 1.54) is 25.0 Å². The van der Waals surface area contributed by atoms with Crippen LogP contribution in [-0.2, 0) is 10.0 Å². The summed E-state index contributed by atoms with van der Waals surface area (Å²) in [5, 5.41) is 3.17. The molecule has 2 saturated carbocycles. The van der Waals surface area contributed by atoms with Gasteiger partial charge in [-0.15, -0.1) is 0 Å². The van der Waals surface area contributed by atoms with E-state index in [0.29, 0.717) is 23.1 Å². The maximum atomic E-state index is 13.0. The zero-order chi connectivity index (χ0) is 20.8. The van der Waals surface area contributed by atoms with Crippen molar-refractivity contribution in [1.82, 2.24) is 5.32 Å². The first-order chi connectivity index (χ1) is 13.7. The molecular formula is C22H25ClN2O3S. The Morgan fingerprint density at radius 2 is 1.86 bits per heavy atom. The van der Waals surface area contributed by atoms with Crippen molar-refractivity contribution < 1.29 is 13.2 Å². The second kappa shape index (κ2) is 7.65. The average molecular weight is 433 g/mol. The van der Waals surface area contributed by atoms with Crippen molar-refractivity contribution in [3.63, 3.8) is 0 Å². The van der Waals surface area contributed by atoms with Crippen LogP contribution in [0.15, 0.2) is 41.3 Å². The molecule has 3 atom stereocenters. The van der Waals surface area contributed by atoms with Gasteiger partial charge in [0.15, 0.2) is 0 Å². The highest BCUT2D eigenvalue weighted by Gasteiger charge is 2.40. The fraction of sp³-hybridized carbons (Fsp3) is 0.409. The lowest BCUT2D eigenvalue weighted by molar-refractivity contribution is 0.0922. The van der Waals surface area contributed by atoms with Gasteiger partial charge in [0.1, 0.15) is 4.90 Å². The molecule has 7 heteroatoms. The Bertz CT molecular complexity index is 1070. The second-order valence-corrected chi connectivity index (χ2v) is 10.4. The van der Waals surface area contributed by atoms with Crippen LogP contribution in [0.3, 0.4) is 0 Å². The summed E-state index contributed by atoms with van der Waals surface area (Å²) >= 11 is 6.19. The van der Waals surface area contributed by atoms with Gasteiger partial charge in [-0.05, 0) is 74.8 Å². The highest BCUT2D eigenvalue weighted by atomic mass is 35.5. The summed E-state index contributed by atoms with van der Waals surface area (Å²) < 4.78 is 28.5. The zero-order valence-electron chi connectivity index (χ0n) is 16.5. The van der Waals surface area contributed by atoms with Gasteiger partial charge in [-0.2, -0.15) is 0 Å². The smallest absolute Gasteiger partial charge is 0.263 e. The molecule has 2 aliphatic rings. The summed E-state index contributed by atoms with van der Waals surface area (Å²) in [7, 11) is -3.93. The molecule has 2 aromatic rings. The Balaban J connectivity index is 1.56. The van der Waals surface area contributed by atoms with Crippen LogP contribution in [0.1, 0.15) is 47.2 Å². The Morgan fingerprint density at radius 1 is 1.07 bits per heavy atom. The number of hydrogen-bond donors (Lipinski definition) is 2. The molecule has 0 saturated heterocycles. The number of benzene rings is 2. The molecule has 4 rings (SSSR count). The number of hydrogen-bond acceptors (Lipinski definition) is 3. The molecule has 5 nitrogen and oxygen atoms in total. The molecule has 2 N–H and O–H groups in total. The molecule has 2 aliphatic carbocycles. The van der Waals surface area contributed by atoms with E-state index >= 15 is 0 Å². The minimum atomic E-state index is -3.93. The Morgan fingerprint density at radius 3 is 2.52 bits per heavy atom. The van der Waals surface area contributed by atoms with Gasteiger partial charge in [-0.25, -0.2) is 8.42 Å². The minimum Gasteiger partial charge on any atom is -0.349 e. The van der Waals surface area contributed by atoms with Gasteiger partial charge in [0.05, 0.1) is 10.7 Å². The van der Waals surface area contributed by atoms with E-state index in [-0.39, 0.29) is 21.9 Å². The highest BCUT2D eigenvalue weighted by molar-refractivity contribution is 7.92. The summed E-state index contributed by atoms with van der Waals surface area (Å²) in [6.07, 6.45) is 4.62. The number of sulfonamides is 1. The van der Waals surface area contributed by atoms with Crippen molar-refractivity contribution >= 4 is 33.2 Å². The van der Waals surface area contributed by atoms with E-state index in [2.05, 4.69) is 10.0 Å². The van der Waals surface area contributed by atoms with Gasteiger partial charge in [0.25, 0.3) is 15.9 Å². The van der Waals surface area contributed by atoms with Crippen LogP contribution < -0.4 is 10.0 Å². The van der Waals surface area contributed by atoms with Crippen molar-refractivity contribution in [3.05, 3.63) is 58.1 Å². The first-order valence-electron chi connectivity index (χ1n) is 9.93. The maximum absolute atomic E-state index is 13.0. The number of anilines is 1. The first-order valence-corrected chi connectivity index (χ1v) is 11.8. The summed E-state index contributed by atoms with van der Waals surface area (Å²) in [4.78, 5) is 12.7. The van der Waals surface area contributed by atoms with Gasteiger partial charge >= 0.3 is 0 Å². The first kappa shape index (κ1) is 20.2. The van der Waals surface area contributed by atoms with Gasteiger partial charge < -0.3 is 5.32 Å². The third-order valence-corrected chi connectivity index (χ3v) is 8.01. The Hall–Kier alpha value is -2.05. The lowest BCUT2D eigenvalue weighted by Gasteiger charge is -2.23. The number of aryl methyl sites for hydroxylation is 2. The Labute approximate surface area is 176 Å². The largest absolute Gasteiger partial charge is 0.349 e. The van der Waals surface area contributed by atoms with Crippen molar-refractivity contribution in [3.8, 4) is 0 Å². The summed E-state index contributed by atoms with van der Waals surface area (Å²) in [6, 6.07) is 10.0. The average Bonchev–Trinajstić information content (AvgIpc) is 3.27. The molecule has 0 aromatic heterocycles. The van der Waals surface area contributed by atoms with Crippen LogP contribution in [0, 0.1) is 25.7 Å². The third kappa shape index (κ3) is 4.14. The van der Waals surface area contributed by atoms with Crippen molar-refractivity contribution in [2.45, 2.75) is 50.5 Å². The molecule has 2 aromatic carbocycles. The van der Waals surface area contributed by atoms with E-state index in [1.54, 1.807) is 12.1 Å². The molecular weight excluding hydrogens is 408 g/mol. The number of halogens is 1. The van der Waals surface area contributed by atoms with Crippen LogP contribution in [0.5, 0.6) is 0 Å². The van der Waals surface area contributed by atoms with E-state index in [4.69, 9.17) is 11.6 Å². The van der Waals surface area contributed by atoms with E-state index < -0.39 is 10.0 Å². The maximum Gasteiger partial charge on any atom is 0.263 e. The standard InChI is InChI=1S/C22H25ClN2O3S/c1-13-3-8-19(14(2)9-13)25-29(27,28)21-12-17(6-7-18(21)23)22(26)24-20-11-15-4-5-16(20)10-15/h3,6-9,12,15-16,20,25H,4-5,10-11H2,1-2H3,(H,24,26)/t15-,16+,20+/m0/s1. The summed E-state index contributed by atoms with van der Waals surface area (Å²) in [6.45, 7) is 3.78. The number of fused-ring (bicyclic) bond motifs is 2. The quantitative estimate of drug-likeness (QED) is 0.720. The monoisotopic (exact) mass is 432 g/mol. The fourth-order valence-corrected chi connectivity index (χ4v) is 6.31. The second-order valence-electron chi connectivity index (χ2n) is 8.32. The lowest BCUT2D eigenvalue weighted by atomic mass is 9.95. The molecule has 0 aliphatic heterocycles. The number of carbonyl (C=O) groups excluding carboxylic acids is 1. The predicted molar refractivity (Wildman–Crippen MR) is 115 cm³/mol. The van der Waals surface area contributed by atoms with E-state index in [1.807, 2.05) is 26.0 Å². The van der Waals surface area contributed by atoms with Crippen LogP contribution >= 0.6 is 11.6 Å².